The molecular weight excluding hydrogens is 410 g/mol. The molecule has 3 heterocycles. The molecule has 4 rings (SSSR count). The Balaban J connectivity index is 1.23. The van der Waals surface area contributed by atoms with Crippen molar-refractivity contribution in [3.05, 3.63) is 53.2 Å². The lowest BCUT2D eigenvalue weighted by atomic mass is 9.89. The van der Waals surface area contributed by atoms with Crippen molar-refractivity contribution < 1.29 is 18.7 Å². The van der Waals surface area contributed by atoms with Crippen LogP contribution in [0.15, 0.2) is 35.0 Å². The lowest BCUT2D eigenvalue weighted by Gasteiger charge is -2.35. The standard InChI is InChI=1S/C23H29N5O4/c1-4-30-20-9-19(10-20)25-14-29-12-18-7-8-22(27-26-18)31-13-21-16(3)32-28-23(21)17-6-5-15(2)24-11-17/h5-8,11,19-20,25H,4,9-10,12-14H2,1-3H3. The minimum atomic E-state index is 0.275. The molecular formula is C23H29N5O4. The zero-order valence-electron chi connectivity index (χ0n) is 18.7. The highest BCUT2D eigenvalue weighted by Crippen LogP contribution is 2.26. The number of nitrogens with one attached hydrogen (secondary N) is 1. The van der Waals surface area contributed by atoms with Crippen molar-refractivity contribution in [2.24, 2.45) is 0 Å². The predicted molar refractivity (Wildman–Crippen MR) is 117 cm³/mol. The fourth-order valence-electron chi connectivity index (χ4n) is 3.48. The van der Waals surface area contributed by atoms with Crippen LogP contribution < -0.4 is 10.1 Å². The van der Waals surface area contributed by atoms with Crippen LogP contribution in [0.25, 0.3) is 11.3 Å². The molecule has 0 spiro atoms. The summed E-state index contributed by atoms with van der Waals surface area (Å²) in [6, 6.07) is 8.01. The minimum Gasteiger partial charge on any atom is -0.472 e. The Labute approximate surface area is 187 Å². The average molecular weight is 440 g/mol. The molecule has 3 aromatic heterocycles. The van der Waals surface area contributed by atoms with E-state index in [4.69, 9.17) is 18.7 Å². The lowest BCUT2D eigenvalue weighted by Crippen LogP contribution is -2.46. The van der Waals surface area contributed by atoms with E-state index in [0.717, 1.165) is 47.7 Å². The van der Waals surface area contributed by atoms with Crippen LogP contribution in [0.5, 0.6) is 5.88 Å². The summed E-state index contributed by atoms with van der Waals surface area (Å²) in [5, 5.41) is 15.8. The fraction of sp³-hybridized carbons (Fsp3) is 0.478. The molecule has 0 amide bonds. The van der Waals surface area contributed by atoms with Crippen LogP contribution in [-0.2, 0) is 22.7 Å². The molecule has 1 N–H and O–H groups in total. The van der Waals surface area contributed by atoms with Crippen LogP contribution >= 0.6 is 0 Å². The minimum absolute atomic E-state index is 0.275. The second-order valence-electron chi connectivity index (χ2n) is 7.85. The van der Waals surface area contributed by atoms with Crippen molar-refractivity contribution in [2.75, 3.05) is 13.3 Å². The van der Waals surface area contributed by atoms with Gasteiger partial charge in [0.2, 0.25) is 5.88 Å². The van der Waals surface area contributed by atoms with Gasteiger partial charge in [-0.05, 0) is 51.8 Å². The van der Waals surface area contributed by atoms with Crippen LogP contribution in [-0.4, -0.2) is 45.8 Å². The van der Waals surface area contributed by atoms with Crippen molar-refractivity contribution in [2.45, 2.75) is 59.0 Å². The SMILES string of the molecule is CCOC1CC(NCOCc2ccc(OCc3c(-c4ccc(C)nc4)noc3C)nn2)C1. The summed E-state index contributed by atoms with van der Waals surface area (Å²) in [5.74, 6) is 1.13. The van der Waals surface area contributed by atoms with Crippen molar-refractivity contribution in [1.29, 1.82) is 0 Å². The third-order valence-corrected chi connectivity index (χ3v) is 5.45. The first kappa shape index (κ1) is 22.3. The molecule has 0 radical (unpaired) electrons. The Morgan fingerprint density at radius 3 is 2.69 bits per heavy atom. The molecule has 0 atom stereocenters. The van der Waals surface area contributed by atoms with Crippen molar-refractivity contribution in [1.82, 2.24) is 25.7 Å². The van der Waals surface area contributed by atoms with E-state index in [1.54, 1.807) is 12.3 Å². The first-order chi connectivity index (χ1) is 15.6. The van der Waals surface area contributed by atoms with E-state index >= 15 is 0 Å². The quantitative estimate of drug-likeness (QED) is 0.356. The van der Waals surface area contributed by atoms with Gasteiger partial charge in [0, 0.05) is 36.2 Å². The molecule has 1 aliphatic carbocycles. The summed E-state index contributed by atoms with van der Waals surface area (Å²) in [6.45, 7) is 7.74. The Kier molecular flexibility index (Phi) is 7.41. The monoisotopic (exact) mass is 439 g/mol. The molecule has 3 aromatic rings. The van der Waals surface area contributed by atoms with Crippen molar-refractivity contribution in [3.8, 4) is 17.1 Å². The number of hydrogen-bond acceptors (Lipinski definition) is 9. The molecule has 0 aromatic carbocycles. The molecule has 170 valence electrons. The number of aromatic nitrogens is 4. The normalized spacial score (nSPS) is 17.8. The Hall–Kier alpha value is -2.88. The molecule has 9 heteroatoms. The van der Waals surface area contributed by atoms with E-state index in [1.165, 1.54) is 0 Å². The summed E-state index contributed by atoms with van der Waals surface area (Å²) in [6.07, 6.45) is 4.25. The third kappa shape index (κ3) is 5.67. The Morgan fingerprint density at radius 2 is 1.97 bits per heavy atom. The number of nitrogens with zero attached hydrogens (tertiary/aromatic N) is 4. The van der Waals surface area contributed by atoms with Gasteiger partial charge >= 0.3 is 0 Å². The summed E-state index contributed by atoms with van der Waals surface area (Å²) in [7, 11) is 0. The molecule has 32 heavy (non-hydrogen) atoms. The van der Waals surface area contributed by atoms with E-state index in [1.807, 2.05) is 39.0 Å². The fourth-order valence-corrected chi connectivity index (χ4v) is 3.48. The van der Waals surface area contributed by atoms with Gasteiger partial charge in [0.1, 0.15) is 18.1 Å². The van der Waals surface area contributed by atoms with Gasteiger partial charge in [-0.3, -0.25) is 10.3 Å². The van der Waals surface area contributed by atoms with E-state index in [0.29, 0.717) is 37.1 Å². The lowest BCUT2D eigenvalue weighted by molar-refractivity contribution is -0.0213. The first-order valence-electron chi connectivity index (χ1n) is 10.9. The number of aryl methyl sites for hydroxylation is 2. The Bertz CT molecular complexity index is 985. The number of hydrogen-bond donors (Lipinski definition) is 1. The smallest absolute Gasteiger partial charge is 0.233 e. The molecule has 9 nitrogen and oxygen atoms in total. The zero-order valence-corrected chi connectivity index (χ0v) is 18.7. The highest BCUT2D eigenvalue weighted by Gasteiger charge is 2.28. The van der Waals surface area contributed by atoms with Gasteiger partial charge in [-0.15, -0.1) is 10.2 Å². The molecule has 0 aliphatic heterocycles. The van der Waals surface area contributed by atoms with Gasteiger partial charge in [0.15, 0.2) is 0 Å². The van der Waals surface area contributed by atoms with E-state index < -0.39 is 0 Å². The zero-order chi connectivity index (χ0) is 22.3. The van der Waals surface area contributed by atoms with E-state index in [2.05, 4.69) is 25.7 Å². The summed E-state index contributed by atoms with van der Waals surface area (Å²) in [4.78, 5) is 4.33. The average Bonchev–Trinajstić information content (AvgIpc) is 3.14. The molecule has 0 saturated heterocycles. The van der Waals surface area contributed by atoms with Crippen LogP contribution in [0.3, 0.4) is 0 Å². The third-order valence-electron chi connectivity index (χ3n) is 5.45. The summed E-state index contributed by atoms with van der Waals surface area (Å²) >= 11 is 0. The molecule has 1 saturated carbocycles. The number of rotatable bonds is 11. The van der Waals surface area contributed by atoms with Gasteiger partial charge < -0.3 is 18.7 Å². The largest absolute Gasteiger partial charge is 0.472 e. The number of pyridine rings is 1. The topological polar surface area (TPSA) is 104 Å². The van der Waals surface area contributed by atoms with Gasteiger partial charge in [-0.2, -0.15) is 0 Å². The maximum atomic E-state index is 5.82. The highest BCUT2D eigenvalue weighted by atomic mass is 16.5. The molecule has 0 bridgehead atoms. The van der Waals surface area contributed by atoms with Gasteiger partial charge in [-0.1, -0.05) is 5.16 Å². The second kappa shape index (κ2) is 10.6. The second-order valence-corrected chi connectivity index (χ2v) is 7.85. The van der Waals surface area contributed by atoms with E-state index in [9.17, 15) is 0 Å². The maximum absolute atomic E-state index is 5.82. The highest BCUT2D eigenvalue weighted by molar-refractivity contribution is 5.62. The van der Waals surface area contributed by atoms with Gasteiger partial charge in [0.05, 0.1) is 30.7 Å². The van der Waals surface area contributed by atoms with Crippen molar-refractivity contribution >= 4 is 0 Å². The van der Waals surface area contributed by atoms with Crippen LogP contribution in [0.1, 0.15) is 42.5 Å². The summed E-state index contributed by atoms with van der Waals surface area (Å²) < 4.78 is 22.4. The van der Waals surface area contributed by atoms with Crippen LogP contribution in [0, 0.1) is 13.8 Å². The van der Waals surface area contributed by atoms with Crippen molar-refractivity contribution in [3.63, 3.8) is 0 Å². The molecule has 0 unspecified atom stereocenters. The van der Waals surface area contributed by atoms with Gasteiger partial charge in [0.25, 0.3) is 0 Å². The number of ether oxygens (including phenoxy) is 3. The molecule has 1 fully saturated rings. The van der Waals surface area contributed by atoms with Crippen LogP contribution in [0.4, 0.5) is 0 Å². The summed E-state index contributed by atoms with van der Waals surface area (Å²) in [5.41, 5.74) is 4.15. The van der Waals surface area contributed by atoms with Crippen LogP contribution in [0.2, 0.25) is 0 Å². The maximum Gasteiger partial charge on any atom is 0.233 e. The molecule has 1 aliphatic rings. The Morgan fingerprint density at radius 1 is 1.09 bits per heavy atom. The first-order valence-corrected chi connectivity index (χ1v) is 10.9. The van der Waals surface area contributed by atoms with E-state index in [-0.39, 0.29) is 6.61 Å². The predicted octanol–water partition coefficient (Wildman–Crippen LogP) is 3.35. The van der Waals surface area contributed by atoms with Gasteiger partial charge in [-0.25, -0.2) is 0 Å².